The van der Waals surface area contributed by atoms with E-state index in [1.807, 2.05) is 13.8 Å². The van der Waals surface area contributed by atoms with E-state index in [9.17, 15) is 37.6 Å². The van der Waals surface area contributed by atoms with Crippen LogP contribution in [0.4, 0.5) is 0 Å². The van der Waals surface area contributed by atoms with Crippen molar-refractivity contribution in [3.63, 3.8) is 0 Å². The number of carbonyl (C=O) groups excluding carboxylic acids is 3. The molecule has 0 unspecified atom stereocenters. The summed E-state index contributed by atoms with van der Waals surface area (Å²) in [5, 5.41) is 29.1. The van der Waals surface area contributed by atoms with Gasteiger partial charge in [-0.3, -0.25) is 4.79 Å². The number of carboxylic acids is 1. The first-order valence-corrected chi connectivity index (χ1v) is 18.0. The maximum atomic E-state index is 13.8. The molecule has 5 rings (SSSR count). The van der Waals surface area contributed by atoms with Crippen molar-refractivity contribution >= 4 is 56.7 Å². The molecule has 4 aliphatic heterocycles. The van der Waals surface area contributed by atoms with Crippen LogP contribution in [0.15, 0.2) is 83.4 Å². The number of carbonyl (C=O) groups is 3. The van der Waals surface area contributed by atoms with Crippen LogP contribution in [0.25, 0.3) is 17.0 Å². The summed E-state index contributed by atoms with van der Waals surface area (Å²) < 4.78 is 39.0. The number of allylic oxidation sites excluding steroid dienone is 9. The van der Waals surface area contributed by atoms with Gasteiger partial charge >= 0.3 is 126 Å². The van der Waals surface area contributed by atoms with Crippen LogP contribution in [-0.4, -0.2) is 67.4 Å². The van der Waals surface area contributed by atoms with E-state index in [0.29, 0.717) is 68.1 Å². The summed E-state index contributed by atoms with van der Waals surface area (Å²) in [5.41, 5.74) is 6.36. The van der Waals surface area contributed by atoms with Gasteiger partial charge in [0.25, 0.3) is 0 Å². The van der Waals surface area contributed by atoms with Gasteiger partial charge in [0, 0.05) is 17.3 Å². The predicted molar refractivity (Wildman–Crippen MR) is 189 cm³/mol. The second-order valence-corrected chi connectivity index (χ2v) is 14.1. The molecular formula is C37H36K2MnN5O9S. The van der Waals surface area contributed by atoms with Gasteiger partial charge in [-0.1, -0.05) is 31.1 Å². The fourth-order valence-corrected chi connectivity index (χ4v) is 6.86. The molecule has 4 aliphatic rings. The minimum absolute atomic E-state index is 0. The number of esters is 1. The number of ether oxygens (including phenoxy) is 1. The number of aliphatic imine (C=N–C) groups is 3. The molecule has 5 heterocycles. The topological polar surface area (TPSA) is 229 Å². The molecule has 1 aromatic rings. The van der Waals surface area contributed by atoms with Crippen molar-refractivity contribution in [2.45, 2.75) is 67.2 Å². The molecule has 18 heteroatoms. The van der Waals surface area contributed by atoms with Crippen LogP contribution in [0.2, 0.25) is 0 Å². The SMILES string of the molecule is CCC1=C(C)C2=CC3=NC(=C(C)/C3=C(/C)[O-])C=c3[n-]c(c(CCC(=O)[O-])c3C)=C(CC(=O)OC)C3=NC(=CC1=N2)C(C)=C3C(=O)[N-]CCS(=O)(=O)[O-].[K+].[K+].[Mn+3]. The zero-order chi connectivity index (χ0) is 38.2. The molecule has 0 fully saturated rings. The molecule has 0 atom stereocenters. The van der Waals surface area contributed by atoms with E-state index in [-0.39, 0.29) is 154 Å². The minimum atomic E-state index is -4.68. The Labute approximate surface area is 415 Å². The monoisotopic (exact) mass is 859 g/mol. The normalized spacial score (nSPS) is 17.2. The van der Waals surface area contributed by atoms with Gasteiger partial charge in [0.1, 0.15) is 0 Å². The van der Waals surface area contributed by atoms with Crippen molar-refractivity contribution in [2.24, 2.45) is 15.0 Å². The van der Waals surface area contributed by atoms with E-state index >= 15 is 0 Å². The van der Waals surface area contributed by atoms with Crippen LogP contribution in [0.5, 0.6) is 0 Å². The third kappa shape index (κ3) is 10.9. The van der Waals surface area contributed by atoms with Gasteiger partial charge in [-0.25, -0.2) is 23.4 Å². The Morgan fingerprint density at radius 3 is 2.13 bits per heavy atom. The average molecular weight is 860 g/mol. The number of methoxy groups -OCH3 is 1. The molecule has 0 aromatic carbocycles. The van der Waals surface area contributed by atoms with Crippen LogP contribution < -0.4 is 129 Å². The van der Waals surface area contributed by atoms with E-state index in [0.717, 1.165) is 11.1 Å². The Morgan fingerprint density at radius 2 is 1.55 bits per heavy atom. The Morgan fingerprint density at radius 1 is 0.909 bits per heavy atom. The van der Waals surface area contributed by atoms with Crippen molar-refractivity contribution in [2.75, 3.05) is 19.4 Å². The molecule has 0 N–H and O–H groups in total. The van der Waals surface area contributed by atoms with Crippen LogP contribution in [-0.2, 0) is 52.7 Å². The van der Waals surface area contributed by atoms with E-state index in [1.54, 1.807) is 39.0 Å². The summed E-state index contributed by atoms with van der Waals surface area (Å²) in [4.78, 5) is 58.0. The zero-order valence-electron chi connectivity index (χ0n) is 32.2. The molecule has 1 aromatic heterocycles. The van der Waals surface area contributed by atoms with Crippen LogP contribution >= 0.6 is 0 Å². The van der Waals surface area contributed by atoms with Crippen molar-refractivity contribution in [3.05, 3.63) is 95.6 Å². The summed E-state index contributed by atoms with van der Waals surface area (Å²) in [7, 11) is -3.50. The summed E-state index contributed by atoms with van der Waals surface area (Å²) in [5.74, 6) is -4.03. The first kappa shape index (κ1) is 49.5. The van der Waals surface area contributed by atoms with Gasteiger partial charge < -0.3 is 39.4 Å². The van der Waals surface area contributed by atoms with Gasteiger partial charge in [-0.05, 0) is 92.5 Å². The summed E-state index contributed by atoms with van der Waals surface area (Å²) >= 11 is 0. The molecule has 0 spiro atoms. The largest absolute Gasteiger partial charge is 3.00 e. The van der Waals surface area contributed by atoms with Crippen molar-refractivity contribution in [3.8, 4) is 0 Å². The smallest absolute Gasteiger partial charge is 0.875 e. The zero-order valence-corrected chi connectivity index (χ0v) is 40.4. The fraction of sp³-hybridized carbons (Fsp3) is 0.351. The second kappa shape index (κ2) is 20.4. The van der Waals surface area contributed by atoms with Gasteiger partial charge in [-0.2, -0.15) is 0 Å². The number of carboxylic acid groups (broad SMARTS) is 1. The number of nitrogens with zero attached hydrogens (tertiary/aromatic N) is 5. The van der Waals surface area contributed by atoms with Gasteiger partial charge in [0.2, 0.25) is 0 Å². The van der Waals surface area contributed by atoms with Crippen LogP contribution in [0.3, 0.4) is 0 Å². The summed E-state index contributed by atoms with van der Waals surface area (Å²) in [6.45, 7) is 9.82. The number of aliphatic carboxylic acids is 1. The number of hydrogen-bond donors (Lipinski definition) is 0. The number of aromatic nitrogens is 1. The first-order valence-electron chi connectivity index (χ1n) is 16.5. The maximum absolute atomic E-state index is 13.8. The van der Waals surface area contributed by atoms with Crippen molar-refractivity contribution in [1.29, 1.82) is 0 Å². The van der Waals surface area contributed by atoms with Crippen molar-refractivity contribution in [1.82, 2.24) is 4.98 Å². The van der Waals surface area contributed by atoms with Gasteiger partial charge in [0.15, 0.2) is 0 Å². The van der Waals surface area contributed by atoms with Crippen molar-refractivity contribution < 1.29 is 162 Å². The molecule has 14 nitrogen and oxygen atoms in total. The molecule has 278 valence electrons. The molecule has 0 saturated heterocycles. The van der Waals surface area contributed by atoms with E-state index in [1.165, 1.54) is 14.0 Å². The molecule has 0 radical (unpaired) electrons. The predicted octanol–water partition coefficient (Wildman–Crippen LogP) is -5.32. The Hall–Kier alpha value is -1.62. The number of rotatable bonds is 10. The maximum Gasteiger partial charge on any atom is 3.00 e. The van der Waals surface area contributed by atoms with Gasteiger partial charge in [-0.15, -0.1) is 23.0 Å². The molecule has 8 bridgehead atoms. The summed E-state index contributed by atoms with van der Waals surface area (Å²) in [6, 6.07) is 0. The molecular weight excluding hydrogens is 824 g/mol. The average Bonchev–Trinajstić information content (AvgIpc) is 3.74. The van der Waals surface area contributed by atoms with E-state index < -0.39 is 53.1 Å². The number of fused-ring (bicyclic) bond motifs is 5. The van der Waals surface area contributed by atoms with Crippen LogP contribution in [0.1, 0.15) is 65.0 Å². The van der Waals surface area contributed by atoms with E-state index in [4.69, 9.17) is 24.7 Å². The standard InChI is InChI=1S/C37H41N5O9S.2K.Mn/c1-8-22-17(2)25-16-30-33(21(6)43)19(4)27(40-30)14-26-18(3)23(9-10-31(44)45)35(41-26)24(13-32(46)51-7)36-34(37(47)38-11-12-52(48,49)50)20(5)28(42-36)15-29(22)39-25;;;/h14-16H,8-13H2,1-7H3,(H5,38,39,40,41,42,43,44,45,47,48,49,50);;;/q;2*+1;+3/p-5. The molecule has 0 aliphatic carbocycles. The second-order valence-electron chi connectivity index (χ2n) is 12.6. The quantitative estimate of drug-likeness (QED) is 0.0940. The van der Waals surface area contributed by atoms with Crippen LogP contribution in [0, 0.1) is 6.92 Å². The Balaban J connectivity index is 0.00000348. The minimum Gasteiger partial charge on any atom is -0.875 e. The molecule has 0 saturated carbocycles. The molecule has 1 amide bonds. The first-order chi connectivity index (χ1) is 24.4. The Kier molecular flexibility index (Phi) is 18.3. The number of amides is 1. The fourth-order valence-electron chi connectivity index (χ4n) is 6.55. The third-order valence-corrected chi connectivity index (χ3v) is 9.95. The summed E-state index contributed by atoms with van der Waals surface area (Å²) in [6.07, 6.45) is 4.77. The number of hydrogen-bond acceptors (Lipinski definition) is 12. The van der Waals surface area contributed by atoms with E-state index in [2.05, 4.69) is 5.32 Å². The molecule has 55 heavy (non-hydrogen) atoms. The Bertz CT molecular complexity index is 2370. The third-order valence-electron chi connectivity index (χ3n) is 9.26. The van der Waals surface area contributed by atoms with Gasteiger partial charge in [0.05, 0.1) is 63.8 Å².